The lowest BCUT2D eigenvalue weighted by Gasteiger charge is -2.27. The molecule has 0 radical (unpaired) electrons. The molecule has 1 aliphatic rings. The van der Waals surface area contributed by atoms with Crippen LogP contribution in [0.25, 0.3) is 0 Å². The van der Waals surface area contributed by atoms with Crippen LogP contribution in [0.2, 0.25) is 0 Å². The van der Waals surface area contributed by atoms with Gasteiger partial charge in [0.15, 0.2) is 0 Å². The van der Waals surface area contributed by atoms with Gasteiger partial charge in [0.1, 0.15) is 0 Å². The molecule has 29 heavy (non-hydrogen) atoms. The lowest BCUT2D eigenvalue weighted by molar-refractivity contribution is 0.0302. The smallest absolute Gasteiger partial charge is 0.339 e. The first-order valence-corrected chi connectivity index (χ1v) is 10.5. The van der Waals surface area contributed by atoms with Gasteiger partial charge in [-0.3, -0.25) is 9.52 Å². The number of nitrogens with one attached hydrogen (secondary N) is 1. The highest BCUT2D eigenvalue weighted by Gasteiger charge is 2.24. The average molecular weight is 418 g/mol. The first kappa shape index (κ1) is 20.8. The number of amides is 1. The van der Waals surface area contributed by atoms with E-state index in [1.54, 1.807) is 30.0 Å². The Morgan fingerprint density at radius 3 is 2.45 bits per heavy atom. The fourth-order valence-electron chi connectivity index (χ4n) is 3.00. The number of carbonyl (C=O) groups excluding carboxylic acids is 2. The summed E-state index contributed by atoms with van der Waals surface area (Å²) in [6.07, 6.45) is 0. The minimum Gasteiger partial charge on any atom is -0.465 e. The minimum atomic E-state index is -4.03. The molecule has 0 saturated carbocycles. The SMILES string of the molecule is COC(=O)c1ccccc1NS(=O)(=O)c1ccc(C)c(C(=O)N2CCOCC2)c1. The van der Waals surface area contributed by atoms with Crippen LogP contribution in [0.1, 0.15) is 26.3 Å². The summed E-state index contributed by atoms with van der Waals surface area (Å²) < 4.78 is 38.2. The van der Waals surface area contributed by atoms with Crippen LogP contribution in [0.15, 0.2) is 47.4 Å². The van der Waals surface area contributed by atoms with Gasteiger partial charge in [-0.2, -0.15) is 0 Å². The maximum Gasteiger partial charge on any atom is 0.339 e. The molecule has 2 aromatic rings. The van der Waals surface area contributed by atoms with E-state index in [1.807, 2.05) is 0 Å². The van der Waals surface area contributed by atoms with E-state index in [0.29, 0.717) is 37.4 Å². The first-order valence-electron chi connectivity index (χ1n) is 9.01. The van der Waals surface area contributed by atoms with Gasteiger partial charge in [-0.05, 0) is 36.8 Å². The van der Waals surface area contributed by atoms with E-state index in [-0.39, 0.29) is 22.1 Å². The van der Waals surface area contributed by atoms with Gasteiger partial charge >= 0.3 is 5.97 Å². The topological polar surface area (TPSA) is 102 Å². The predicted molar refractivity (Wildman–Crippen MR) is 106 cm³/mol. The Morgan fingerprint density at radius 1 is 1.07 bits per heavy atom. The van der Waals surface area contributed by atoms with Crippen LogP contribution >= 0.6 is 0 Å². The highest BCUT2D eigenvalue weighted by Crippen LogP contribution is 2.23. The number of carbonyl (C=O) groups is 2. The van der Waals surface area contributed by atoms with Crippen LogP contribution < -0.4 is 4.72 Å². The van der Waals surface area contributed by atoms with Gasteiger partial charge in [-0.25, -0.2) is 13.2 Å². The number of aryl methyl sites for hydroxylation is 1. The summed E-state index contributed by atoms with van der Waals surface area (Å²) in [5.41, 5.74) is 1.18. The number of morpholine rings is 1. The zero-order valence-corrected chi connectivity index (χ0v) is 17.0. The molecular formula is C20H22N2O6S. The van der Waals surface area contributed by atoms with Crippen molar-refractivity contribution in [1.82, 2.24) is 4.90 Å². The molecule has 8 nitrogen and oxygen atoms in total. The molecule has 154 valence electrons. The van der Waals surface area contributed by atoms with E-state index < -0.39 is 16.0 Å². The number of para-hydroxylation sites is 1. The van der Waals surface area contributed by atoms with E-state index in [2.05, 4.69) is 4.72 Å². The van der Waals surface area contributed by atoms with Crippen LogP contribution in [-0.4, -0.2) is 58.6 Å². The number of methoxy groups -OCH3 is 1. The highest BCUT2D eigenvalue weighted by molar-refractivity contribution is 7.92. The molecule has 1 saturated heterocycles. The molecule has 1 amide bonds. The Kier molecular flexibility index (Phi) is 6.19. The number of ether oxygens (including phenoxy) is 2. The number of rotatable bonds is 5. The van der Waals surface area contributed by atoms with E-state index in [4.69, 9.17) is 9.47 Å². The highest BCUT2D eigenvalue weighted by atomic mass is 32.2. The van der Waals surface area contributed by atoms with Crippen molar-refractivity contribution in [2.45, 2.75) is 11.8 Å². The second kappa shape index (κ2) is 8.62. The maximum absolute atomic E-state index is 12.9. The zero-order valence-electron chi connectivity index (χ0n) is 16.2. The molecular weight excluding hydrogens is 396 g/mol. The van der Waals surface area contributed by atoms with Crippen molar-refractivity contribution >= 4 is 27.6 Å². The molecule has 3 rings (SSSR count). The minimum absolute atomic E-state index is 0.0700. The van der Waals surface area contributed by atoms with Crippen LogP contribution in [-0.2, 0) is 19.5 Å². The summed E-state index contributed by atoms with van der Waals surface area (Å²) >= 11 is 0. The molecule has 0 unspecified atom stereocenters. The first-order chi connectivity index (χ1) is 13.8. The Morgan fingerprint density at radius 2 is 1.76 bits per heavy atom. The summed E-state index contributed by atoms with van der Waals surface area (Å²) in [4.78, 5) is 26.3. The molecule has 0 aliphatic carbocycles. The lowest BCUT2D eigenvalue weighted by Crippen LogP contribution is -2.41. The summed E-state index contributed by atoms with van der Waals surface area (Å²) in [7, 11) is -2.81. The van der Waals surface area contributed by atoms with E-state index in [0.717, 1.165) is 0 Å². The normalized spacial score (nSPS) is 14.3. The van der Waals surface area contributed by atoms with Crippen molar-refractivity contribution in [3.63, 3.8) is 0 Å². The second-order valence-electron chi connectivity index (χ2n) is 6.52. The standard InChI is InChI=1S/C20H22N2O6S/c1-14-7-8-15(13-17(14)19(23)22-9-11-28-12-10-22)29(25,26)21-18-6-4-3-5-16(18)20(24)27-2/h3-8,13,21H,9-12H2,1-2H3. The summed E-state index contributed by atoms with van der Waals surface area (Å²) in [5, 5.41) is 0. The number of hydrogen-bond acceptors (Lipinski definition) is 6. The molecule has 9 heteroatoms. The van der Waals surface area contributed by atoms with Crippen LogP contribution in [0.4, 0.5) is 5.69 Å². The van der Waals surface area contributed by atoms with Gasteiger partial charge in [0, 0.05) is 18.7 Å². The van der Waals surface area contributed by atoms with Crippen LogP contribution in [0.5, 0.6) is 0 Å². The van der Waals surface area contributed by atoms with Crippen molar-refractivity contribution in [1.29, 1.82) is 0 Å². The van der Waals surface area contributed by atoms with Crippen molar-refractivity contribution in [3.05, 3.63) is 59.2 Å². The van der Waals surface area contributed by atoms with Gasteiger partial charge in [-0.15, -0.1) is 0 Å². The Labute approximate surface area is 169 Å². The van der Waals surface area contributed by atoms with E-state index >= 15 is 0 Å². The van der Waals surface area contributed by atoms with Gasteiger partial charge in [0.2, 0.25) is 0 Å². The summed E-state index contributed by atoms with van der Waals surface area (Å²) in [6.45, 7) is 3.58. The third kappa shape index (κ3) is 4.57. The monoisotopic (exact) mass is 418 g/mol. The molecule has 0 spiro atoms. The number of nitrogens with zero attached hydrogens (tertiary/aromatic N) is 1. The van der Waals surface area contributed by atoms with Crippen LogP contribution in [0.3, 0.4) is 0 Å². The average Bonchev–Trinajstić information content (AvgIpc) is 2.73. The lowest BCUT2D eigenvalue weighted by atomic mass is 10.1. The number of hydrogen-bond donors (Lipinski definition) is 1. The maximum atomic E-state index is 12.9. The largest absolute Gasteiger partial charge is 0.465 e. The fraction of sp³-hybridized carbons (Fsp3) is 0.300. The van der Waals surface area contributed by atoms with E-state index in [1.165, 1.54) is 31.4 Å². The number of anilines is 1. The Bertz CT molecular complexity index is 1030. The van der Waals surface area contributed by atoms with Crippen molar-refractivity contribution in [2.24, 2.45) is 0 Å². The fourth-order valence-corrected chi connectivity index (χ4v) is 4.10. The predicted octanol–water partition coefficient (Wildman–Crippen LogP) is 2.05. The van der Waals surface area contributed by atoms with Crippen molar-refractivity contribution < 1.29 is 27.5 Å². The van der Waals surface area contributed by atoms with Crippen molar-refractivity contribution in [3.8, 4) is 0 Å². The van der Waals surface area contributed by atoms with Gasteiger partial charge in [-0.1, -0.05) is 18.2 Å². The quantitative estimate of drug-likeness (QED) is 0.746. The molecule has 1 heterocycles. The molecule has 0 aromatic heterocycles. The third-order valence-electron chi connectivity index (χ3n) is 4.62. The summed E-state index contributed by atoms with van der Waals surface area (Å²) in [5.74, 6) is -0.895. The van der Waals surface area contributed by atoms with Crippen LogP contribution in [0, 0.1) is 6.92 Å². The zero-order chi connectivity index (χ0) is 21.0. The van der Waals surface area contributed by atoms with Crippen molar-refractivity contribution in [2.75, 3.05) is 38.1 Å². The van der Waals surface area contributed by atoms with E-state index in [9.17, 15) is 18.0 Å². The van der Waals surface area contributed by atoms with Gasteiger partial charge in [0.25, 0.3) is 15.9 Å². The molecule has 1 fully saturated rings. The number of benzene rings is 2. The Hall–Kier alpha value is -2.91. The Balaban J connectivity index is 1.92. The molecule has 1 aliphatic heterocycles. The molecule has 1 N–H and O–H groups in total. The molecule has 0 atom stereocenters. The number of sulfonamides is 1. The number of esters is 1. The second-order valence-corrected chi connectivity index (χ2v) is 8.21. The third-order valence-corrected chi connectivity index (χ3v) is 5.99. The van der Waals surface area contributed by atoms with Gasteiger partial charge in [0.05, 0.1) is 36.5 Å². The van der Waals surface area contributed by atoms with Gasteiger partial charge < -0.3 is 14.4 Å². The molecule has 2 aromatic carbocycles. The summed E-state index contributed by atoms with van der Waals surface area (Å²) in [6, 6.07) is 10.5. The molecule has 0 bridgehead atoms.